The van der Waals surface area contributed by atoms with Crippen molar-refractivity contribution in [1.29, 1.82) is 5.26 Å². The van der Waals surface area contributed by atoms with Crippen LogP contribution in [0, 0.1) is 11.3 Å². The Morgan fingerprint density at radius 1 is 1.22 bits per heavy atom. The van der Waals surface area contributed by atoms with E-state index in [1.165, 1.54) is 11.1 Å². The maximum atomic E-state index is 8.97. The number of hydrogen-bond acceptors (Lipinski definition) is 6. The molecule has 1 saturated heterocycles. The Balaban J connectivity index is 1.23. The predicted octanol–water partition coefficient (Wildman–Crippen LogP) is 3.79. The number of ether oxygens (including phenoxy) is 2. The third-order valence-electron chi connectivity index (χ3n) is 6.12. The Morgan fingerprint density at radius 3 is 2.81 bits per heavy atom. The molecule has 1 aromatic carbocycles. The highest BCUT2D eigenvalue weighted by Crippen LogP contribution is 2.41. The summed E-state index contributed by atoms with van der Waals surface area (Å²) >= 11 is 0. The van der Waals surface area contributed by atoms with E-state index >= 15 is 0 Å². The molecule has 2 aromatic heterocycles. The van der Waals surface area contributed by atoms with Crippen LogP contribution in [0.5, 0.6) is 5.75 Å². The van der Waals surface area contributed by atoms with Crippen molar-refractivity contribution in [2.75, 3.05) is 26.2 Å². The summed E-state index contributed by atoms with van der Waals surface area (Å²) in [6, 6.07) is 12.0. The van der Waals surface area contributed by atoms with Crippen molar-refractivity contribution in [3.05, 3.63) is 53.3 Å². The fraction of sp³-hybridized carbons (Fsp3) is 0.400. The van der Waals surface area contributed by atoms with E-state index in [1.807, 2.05) is 6.07 Å². The molecule has 1 N–H and O–H groups in total. The van der Waals surface area contributed by atoms with Gasteiger partial charge in [0.1, 0.15) is 17.5 Å². The molecule has 3 aromatic rings. The number of nitrogens with one attached hydrogen (secondary N) is 1. The van der Waals surface area contributed by atoms with Gasteiger partial charge in [0, 0.05) is 48.9 Å². The van der Waals surface area contributed by atoms with Crippen LogP contribution in [-0.2, 0) is 11.2 Å². The number of pyridine rings is 1. The predicted molar refractivity (Wildman–Crippen MR) is 121 cm³/mol. The first-order chi connectivity index (χ1) is 15.6. The maximum absolute atomic E-state index is 8.97. The van der Waals surface area contributed by atoms with Crippen LogP contribution in [-0.4, -0.2) is 58.5 Å². The van der Waals surface area contributed by atoms with E-state index in [4.69, 9.17) is 14.7 Å². The van der Waals surface area contributed by atoms with Crippen LogP contribution in [0.25, 0.3) is 22.5 Å². The largest absolute Gasteiger partial charge is 0.494 e. The minimum absolute atomic E-state index is 0.296. The highest BCUT2D eigenvalue weighted by molar-refractivity contribution is 5.81. The van der Waals surface area contributed by atoms with Crippen molar-refractivity contribution < 1.29 is 9.47 Å². The number of fused-ring (bicyclic) bond motifs is 3. The minimum atomic E-state index is 0.296. The van der Waals surface area contributed by atoms with Crippen LogP contribution < -0.4 is 4.74 Å². The first-order valence-electron chi connectivity index (χ1n) is 11.2. The summed E-state index contributed by atoms with van der Waals surface area (Å²) in [4.78, 5) is 6.64. The van der Waals surface area contributed by atoms with Crippen LogP contribution in [0.2, 0.25) is 0 Å². The van der Waals surface area contributed by atoms with Gasteiger partial charge in [-0.25, -0.2) is 4.98 Å². The number of aromatic nitrogens is 3. The number of aromatic amines is 1. The summed E-state index contributed by atoms with van der Waals surface area (Å²) in [5, 5.41) is 16.7. The molecule has 7 nitrogen and oxygen atoms in total. The van der Waals surface area contributed by atoms with Gasteiger partial charge in [-0.3, -0.25) is 10.00 Å². The highest BCUT2D eigenvalue weighted by atomic mass is 16.5. The second-order valence-corrected chi connectivity index (χ2v) is 8.68. The zero-order chi connectivity index (χ0) is 22.1. The lowest BCUT2D eigenvalue weighted by molar-refractivity contribution is -0.0686. The van der Waals surface area contributed by atoms with Gasteiger partial charge in [0.15, 0.2) is 0 Å². The van der Waals surface area contributed by atoms with E-state index in [0.717, 1.165) is 60.7 Å². The maximum Gasteiger partial charge on any atom is 0.140 e. The molecule has 0 saturated carbocycles. The lowest BCUT2D eigenvalue weighted by Gasteiger charge is -2.35. The molecule has 32 heavy (non-hydrogen) atoms. The van der Waals surface area contributed by atoms with Gasteiger partial charge in [0.2, 0.25) is 0 Å². The van der Waals surface area contributed by atoms with E-state index in [9.17, 15) is 0 Å². The smallest absolute Gasteiger partial charge is 0.140 e. The van der Waals surface area contributed by atoms with Crippen LogP contribution in [0.1, 0.15) is 37.1 Å². The van der Waals surface area contributed by atoms with Crippen molar-refractivity contribution >= 4 is 0 Å². The molecule has 2 atom stereocenters. The lowest BCUT2D eigenvalue weighted by Crippen LogP contribution is -2.45. The molecular weight excluding hydrogens is 402 g/mol. The highest BCUT2D eigenvalue weighted by Gasteiger charge is 2.26. The second kappa shape index (κ2) is 8.73. The molecule has 3 heterocycles. The Labute approximate surface area is 188 Å². The average molecular weight is 430 g/mol. The number of nitrogens with zero attached hydrogens (tertiary/aromatic N) is 4. The second-order valence-electron chi connectivity index (χ2n) is 8.68. The van der Waals surface area contributed by atoms with E-state index < -0.39 is 0 Å². The topological polar surface area (TPSA) is 87.1 Å². The standard InChI is InChI=1S/C25H27N5O2/c1-16-14-30(15-17(2)32-16)8-3-9-31-21-7-5-18-10-23-24(28-29-25(23)22(18)11-21)19-4-6-20(12-26)27-13-19/h4-7,11,13,16-17H,3,8-10,14-15H2,1-2H3,(H,28,29)/t16-,17+. The van der Waals surface area contributed by atoms with Gasteiger partial charge in [0.25, 0.3) is 0 Å². The number of H-pyrrole nitrogens is 1. The van der Waals surface area contributed by atoms with Crippen molar-refractivity contribution in [3.8, 4) is 34.3 Å². The molecule has 0 unspecified atom stereocenters. The summed E-state index contributed by atoms with van der Waals surface area (Å²) in [5.74, 6) is 0.886. The fourth-order valence-corrected chi connectivity index (χ4v) is 4.77. The average Bonchev–Trinajstić information content (AvgIpc) is 3.35. The monoisotopic (exact) mass is 429 g/mol. The Morgan fingerprint density at radius 2 is 2.06 bits per heavy atom. The number of hydrogen-bond donors (Lipinski definition) is 1. The Hall–Kier alpha value is -3.21. The summed E-state index contributed by atoms with van der Waals surface area (Å²) in [7, 11) is 0. The summed E-state index contributed by atoms with van der Waals surface area (Å²) in [6.45, 7) is 7.96. The number of nitriles is 1. The molecule has 5 rings (SSSR count). The van der Waals surface area contributed by atoms with Gasteiger partial charge in [-0.1, -0.05) is 6.07 Å². The van der Waals surface area contributed by atoms with Crippen molar-refractivity contribution in [3.63, 3.8) is 0 Å². The quantitative estimate of drug-likeness (QED) is 0.469. The van der Waals surface area contributed by atoms with Crippen LogP contribution in [0.3, 0.4) is 0 Å². The van der Waals surface area contributed by atoms with Crippen molar-refractivity contribution in [1.82, 2.24) is 20.1 Å². The first-order valence-corrected chi connectivity index (χ1v) is 11.2. The zero-order valence-corrected chi connectivity index (χ0v) is 18.5. The number of rotatable bonds is 6. The molecule has 164 valence electrons. The molecule has 0 radical (unpaired) electrons. The molecule has 2 aliphatic rings. The SMILES string of the molecule is C[C@@H]1CN(CCCOc2ccc3c(c2)-c2[nH]nc(-c4ccc(C#N)nc4)c2C3)C[C@H](C)O1. The molecule has 1 aliphatic heterocycles. The normalized spacial score (nSPS) is 19.9. The van der Waals surface area contributed by atoms with Gasteiger partial charge in [-0.05, 0) is 50.1 Å². The third kappa shape index (κ3) is 4.12. The van der Waals surface area contributed by atoms with E-state index in [1.54, 1.807) is 12.3 Å². The molecule has 0 amide bonds. The van der Waals surface area contributed by atoms with Gasteiger partial charge < -0.3 is 9.47 Å². The first kappa shape index (κ1) is 20.7. The van der Waals surface area contributed by atoms with Crippen LogP contribution >= 0.6 is 0 Å². The van der Waals surface area contributed by atoms with E-state index in [2.05, 4.69) is 58.2 Å². The number of benzene rings is 1. The molecule has 1 fully saturated rings. The van der Waals surface area contributed by atoms with Gasteiger partial charge in [-0.2, -0.15) is 10.4 Å². The lowest BCUT2D eigenvalue weighted by atomic mass is 10.1. The summed E-state index contributed by atoms with van der Waals surface area (Å²) in [5.41, 5.74) is 6.83. The molecule has 0 bridgehead atoms. The number of morpholine rings is 1. The fourth-order valence-electron chi connectivity index (χ4n) is 4.77. The molecule has 0 spiro atoms. The third-order valence-corrected chi connectivity index (χ3v) is 6.12. The molecule has 7 heteroatoms. The summed E-state index contributed by atoms with van der Waals surface area (Å²) < 4.78 is 11.9. The zero-order valence-electron chi connectivity index (χ0n) is 18.5. The van der Waals surface area contributed by atoms with Crippen molar-refractivity contribution in [2.45, 2.75) is 38.9 Å². The van der Waals surface area contributed by atoms with Gasteiger partial charge in [-0.15, -0.1) is 0 Å². The van der Waals surface area contributed by atoms with Gasteiger partial charge >= 0.3 is 0 Å². The van der Waals surface area contributed by atoms with Crippen molar-refractivity contribution in [2.24, 2.45) is 0 Å². The Kier molecular flexibility index (Phi) is 5.64. The Bertz CT molecular complexity index is 1140. The van der Waals surface area contributed by atoms with Crippen LogP contribution in [0.15, 0.2) is 36.5 Å². The summed E-state index contributed by atoms with van der Waals surface area (Å²) in [6.07, 6.45) is 4.11. The van der Waals surface area contributed by atoms with E-state index in [-0.39, 0.29) is 0 Å². The minimum Gasteiger partial charge on any atom is -0.494 e. The van der Waals surface area contributed by atoms with Gasteiger partial charge in [0.05, 0.1) is 30.2 Å². The van der Waals surface area contributed by atoms with Crippen LogP contribution in [0.4, 0.5) is 0 Å². The molecule has 1 aliphatic carbocycles. The molecular formula is C25H27N5O2. The van der Waals surface area contributed by atoms with E-state index in [0.29, 0.717) is 24.5 Å².